The lowest BCUT2D eigenvalue weighted by atomic mass is 9.31. The van der Waals surface area contributed by atoms with Gasteiger partial charge in [0, 0.05) is 172 Å². The summed E-state index contributed by atoms with van der Waals surface area (Å²) in [4.78, 5) is 0. The molecule has 0 bridgehead atoms. The SMILES string of the molecule is CC(C)(C)c1cc2c3c(c1)-c1c4c(cccc4cc4sc5ccccc5c14)B3c1cccc3cc4sc5ccccc5c4c-2c13.CC(C)(C)c1cc2c3c(c1)-c1cc4c5ccccc5sc4c4c1c(cc1c5ccccc5sc14)B3c1cc3c4ccccc4sc3c3c1c-2cc1c2ccccc2sc13.CC(C)(C)c1cc2c3c(c1)-c1cccc4c1c(cc1sc5ccccc5c14)B3c1cc3sc4ccccc4c3c3cccc-2c13. The van der Waals surface area contributed by atoms with Gasteiger partial charge in [-0.15, -0.1) is 90.7 Å². The average Bonchev–Trinajstić information content (AvgIpc) is 1.64. The zero-order valence-electron chi connectivity index (χ0n) is 83.0. The highest BCUT2D eigenvalue weighted by Crippen LogP contribution is 2.59. The van der Waals surface area contributed by atoms with E-state index in [1.165, 1.54) is 359 Å². The molecule has 0 radical (unpaired) electrons. The Morgan fingerprint density at radius 1 is 0.154 bits per heavy atom. The molecule has 0 aliphatic carbocycles. The zero-order chi connectivity index (χ0) is 98.2. The first-order chi connectivity index (χ1) is 72.8. The molecule has 6 aliphatic heterocycles. The number of thiophene rings is 8. The summed E-state index contributed by atoms with van der Waals surface area (Å²) < 4.78 is 22.2. The van der Waals surface area contributed by atoms with Gasteiger partial charge in [-0.25, -0.2) is 0 Å². The monoisotopic (exact) mass is 2030 g/mol. The first-order valence-corrected chi connectivity index (χ1v) is 58.8. The van der Waals surface area contributed by atoms with Crippen molar-refractivity contribution >= 4 is 386 Å². The van der Waals surface area contributed by atoms with Crippen LogP contribution in [0.3, 0.4) is 0 Å². The highest BCUT2D eigenvalue weighted by atomic mass is 32.1. The second-order valence-electron chi connectivity index (χ2n) is 45.9. The molecule has 11 heteroatoms. The van der Waals surface area contributed by atoms with E-state index < -0.39 is 0 Å². The average molecular weight is 2030 g/mol. The molecule has 0 saturated heterocycles. The van der Waals surface area contributed by atoms with E-state index in [-0.39, 0.29) is 36.4 Å². The van der Waals surface area contributed by atoms with Crippen LogP contribution in [0.5, 0.6) is 0 Å². The van der Waals surface area contributed by atoms with Crippen molar-refractivity contribution in [2.24, 2.45) is 0 Å². The van der Waals surface area contributed by atoms with E-state index >= 15 is 0 Å². The lowest BCUT2D eigenvalue weighted by Gasteiger charge is -2.36. The number of fused-ring (bicyclic) bond motifs is 44. The molecule has 31 aromatic rings. The molecule has 8 aromatic heterocycles. The molecular formula is C138H85B3S8. The Balaban J connectivity index is 0.0000000950. The van der Waals surface area contributed by atoms with Gasteiger partial charge < -0.3 is 0 Å². The smallest absolute Gasteiger partial charge is 0.135 e. The van der Waals surface area contributed by atoms with Crippen LogP contribution in [-0.2, 0) is 16.2 Å². The fraction of sp³-hybridized carbons (Fsp3) is 0.0870. The molecule has 0 atom stereocenters. The minimum Gasteiger partial charge on any atom is -0.135 e. The molecule has 37 rings (SSSR count). The summed E-state index contributed by atoms with van der Waals surface area (Å²) in [7, 11) is 0. The van der Waals surface area contributed by atoms with Crippen LogP contribution in [0.1, 0.15) is 79.0 Å². The molecule has 0 nitrogen and oxygen atoms in total. The molecule has 694 valence electrons. The van der Waals surface area contributed by atoms with Gasteiger partial charge >= 0.3 is 0 Å². The van der Waals surface area contributed by atoms with Crippen molar-refractivity contribution in [3.8, 4) is 66.8 Å². The van der Waals surface area contributed by atoms with Crippen LogP contribution in [-0.4, -0.2) is 20.1 Å². The number of hydrogen-bond acceptors (Lipinski definition) is 8. The second kappa shape index (κ2) is 29.4. The van der Waals surface area contributed by atoms with Gasteiger partial charge in [0.15, 0.2) is 0 Å². The summed E-state index contributed by atoms with van der Waals surface area (Å²) in [6.45, 7) is 21.8. The minimum absolute atomic E-state index is 0.00239. The zero-order valence-corrected chi connectivity index (χ0v) is 89.5. The Morgan fingerprint density at radius 3 is 0.758 bits per heavy atom. The van der Waals surface area contributed by atoms with Crippen molar-refractivity contribution in [1.82, 2.24) is 0 Å². The van der Waals surface area contributed by atoms with Gasteiger partial charge in [0.25, 0.3) is 0 Å². The van der Waals surface area contributed by atoms with Crippen molar-refractivity contribution in [3.05, 3.63) is 369 Å². The summed E-state index contributed by atoms with van der Waals surface area (Å²) >= 11 is 15.7. The molecule has 0 spiro atoms. The van der Waals surface area contributed by atoms with Crippen molar-refractivity contribution < 1.29 is 0 Å². The van der Waals surface area contributed by atoms with Crippen LogP contribution in [0, 0.1) is 0 Å². The first-order valence-electron chi connectivity index (χ1n) is 52.3. The summed E-state index contributed by atoms with van der Waals surface area (Å²) in [6, 6.07) is 136. The summed E-state index contributed by atoms with van der Waals surface area (Å²) in [5.41, 5.74) is 34.4. The third-order valence-corrected chi connectivity index (χ3v) is 44.2. The highest BCUT2D eigenvalue weighted by molar-refractivity contribution is 7.32. The fourth-order valence-electron chi connectivity index (χ4n) is 28.6. The molecule has 149 heavy (non-hydrogen) atoms. The molecule has 0 amide bonds. The van der Waals surface area contributed by atoms with E-state index in [4.69, 9.17) is 0 Å². The quantitative estimate of drug-likeness (QED) is 0.133. The lowest BCUT2D eigenvalue weighted by molar-refractivity contribution is 0.590. The van der Waals surface area contributed by atoms with Gasteiger partial charge in [-0.05, 0) is 238 Å². The molecule has 23 aromatic carbocycles. The topological polar surface area (TPSA) is 0 Å². The van der Waals surface area contributed by atoms with Crippen LogP contribution in [0.4, 0.5) is 0 Å². The maximum Gasteiger partial charge on any atom is 0.244 e. The van der Waals surface area contributed by atoms with Crippen molar-refractivity contribution in [2.45, 2.75) is 78.6 Å². The second-order valence-corrected chi connectivity index (χ2v) is 54.4. The maximum atomic E-state index is 2.64. The number of rotatable bonds is 0. The summed E-state index contributed by atoms with van der Waals surface area (Å²) in [5, 5.41) is 39.2. The normalized spacial score (nSPS) is 13.6. The first kappa shape index (κ1) is 84.5. The van der Waals surface area contributed by atoms with E-state index in [0.717, 1.165) is 0 Å². The molecule has 6 aliphatic rings. The Labute approximate surface area is 891 Å². The molecular weight excluding hydrogens is 1950 g/mol. The van der Waals surface area contributed by atoms with Crippen LogP contribution in [0.15, 0.2) is 352 Å². The van der Waals surface area contributed by atoms with Crippen molar-refractivity contribution in [1.29, 1.82) is 0 Å². The summed E-state index contributed by atoms with van der Waals surface area (Å²) in [6.07, 6.45) is 0. The van der Waals surface area contributed by atoms with Gasteiger partial charge in [-0.1, -0.05) is 378 Å². The van der Waals surface area contributed by atoms with E-state index in [9.17, 15) is 0 Å². The van der Waals surface area contributed by atoms with E-state index in [1.54, 1.807) is 0 Å². The number of benzene rings is 23. The maximum absolute atomic E-state index is 2.64. The largest absolute Gasteiger partial charge is 0.244 e. The molecule has 14 heterocycles. The Bertz CT molecular complexity index is 11100. The van der Waals surface area contributed by atoms with Gasteiger partial charge in [0.1, 0.15) is 0 Å². The van der Waals surface area contributed by atoms with Gasteiger partial charge in [0.05, 0.1) is 0 Å². The summed E-state index contributed by atoms with van der Waals surface area (Å²) in [5.74, 6) is 0. The molecule has 0 N–H and O–H groups in total. The minimum atomic E-state index is -0.0387. The van der Waals surface area contributed by atoms with E-state index in [1.807, 2.05) is 90.7 Å². The van der Waals surface area contributed by atoms with Gasteiger partial charge in [0.2, 0.25) is 20.1 Å². The number of hydrogen-bond donors (Lipinski definition) is 0. The van der Waals surface area contributed by atoms with Crippen LogP contribution in [0.25, 0.3) is 293 Å². The standard InChI is InChI=1S/C54H31BS4.2C42H27BS2/c1-54(2,3)26-20-33-31-22-35-27-12-4-8-16-41(27)56-50(35)47-45(31)39(24-37-29-14-6-10-18-43(29)58-52(37)47)55-40-25-38-30-15-7-11-19-44(30)59-53(38)48-46(40)32(34(21-26)49(33)55)23-36-28-13-5-9-17-42(28)57-51(36)48;1-42(2,3)24-20-27-39-35-22(18-33-37(39)25-12-4-6-16-31(25)44-33)10-8-14-29(35)43-30-15-9-11-23-19-34-38(26-13-5-7-17-32(26)45-34)40(36(23)30)28(21-24)41(27)43;1-42(2,3)22-18-29-23-12-8-14-27-37(23)31(20-35-39(27)25-10-4-6-16-33(25)44-35)43-32-21-36-40(26-11-5-7-17-34(26)45-36)28-15-9-13-24(38(28)32)30(19-22)41(29)43/h4-25H,1-3H3;2*4-21H,1-3H3. The third kappa shape index (κ3) is 11.1. The van der Waals surface area contributed by atoms with Gasteiger partial charge in [-0.2, -0.15) is 0 Å². The van der Waals surface area contributed by atoms with Crippen LogP contribution >= 0.6 is 90.7 Å². The fourth-order valence-corrected chi connectivity index (χ4v) is 38.3. The van der Waals surface area contributed by atoms with Crippen molar-refractivity contribution in [2.75, 3.05) is 0 Å². The van der Waals surface area contributed by atoms with E-state index in [0.29, 0.717) is 0 Å². The lowest BCUT2D eigenvalue weighted by Crippen LogP contribution is -2.57. The molecule has 0 fully saturated rings. The Morgan fingerprint density at radius 2 is 0.416 bits per heavy atom. The predicted octanol–water partition coefficient (Wildman–Crippen LogP) is 36.2. The van der Waals surface area contributed by atoms with Crippen LogP contribution in [0.2, 0.25) is 0 Å². The van der Waals surface area contributed by atoms with Gasteiger partial charge in [-0.3, -0.25) is 0 Å². The Hall–Kier alpha value is -14.4. The third-order valence-electron chi connectivity index (χ3n) is 34.9. The van der Waals surface area contributed by atoms with E-state index in [2.05, 4.69) is 414 Å². The van der Waals surface area contributed by atoms with Crippen molar-refractivity contribution in [3.63, 3.8) is 0 Å². The molecule has 0 saturated carbocycles. The Kier molecular flexibility index (Phi) is 16.7. The molecule has 0 unspecified atom stereocenters. The highest BCUT2D eigenvalue weighted by Gasteiger charge is 2.47. The predicted molar refractivity (Wildman–Crippen MR) is 670 cm³/mol. The van der Waals surface area contributed by atoms with Crippen LogP contribution < -0.4 is 49.2 Å².